The normalized spacial score (nSPS) is 10.0. The highest BCUT2D eigenvalue weighted by Crippen LogP contribution is 2.18. The molecule has 0 amide bonds. The van der Waals surface area contributed by atoms with Crippen LogP contribution in [-0.4, -0.2) is 4.92 Å². The van der Waals surface area contributed by atoms with E-state index in [0.717, 1.165) is 5.56 Å². The monoisotopic (exact) mass is 449 g/mol. The zero-order valence-corrected chi connectivity index (χ0v) is 20.9. The number of non-ortho nitro benzene ring substituents is 1. The van der Waals surface area contributed by atoms with Crippen LogP contribution in [0.4, 0.5) is 5.69 Å². The molecule has 0 heterocycles. The molecule has 3 aromatic rings. The predicted octanol–water partition coefficient (Wildman–Crippen LogP) is 9.59. The topological polar surface area (TPSA) is 43.1 Å². The SMILES string of the molecule is C.CC(C)c1ccc([N+](=O)[O-])cc1.Cc1ccc(C(C)C)cc1.Cc1ccc(C(C)C)cc1. The first kappa shape index (κ1) is 30.1. The summed E-state index contributed by atoms with van der Waals surface area (Å²) in [4.78, 5) is 9.90. The minimum atomic E-state index is -0.385. The Morgan fingerprint density at radius 2 is 0.788 bits per heavy atom. The first-order valence-electron chi connectivity index (χ1n) is 11.4. The van der Waals surface area contributed by atoms with Gasteiger partial charge in [0.1, 0.15) is 0 Å². The van der Waals surface area contributed by atoms with Gasteiger partial charge in [-0.25, -0.2) is 0 Å². The molecule has 0 N–H and O–H groups in total. The van der Waals surface area contributed by atoms with Crippen LogP contribution in [0, 0.1) is 24.0 Å². The van der Waals surface area contributed by atoms with Gasteiger partial charge in [0.2, 0.25) is 0 Å². The van der Waals surface area contributed by atoms with Crippen LogP contribution in [0.5, 0.6) is 0 Å². The molecule has 0 aliphatic heterocycles. The molecule has 0 saturated carbocycles. The molecule has 0 spiro atoms. The largest absolute Gasteiger partial charge is 0.269 e. The Kier molecular flexibility index (Phi) is 13.7. The van der Waals surface area contributed by atoms with Crippen LogP contribution in [0.25, 0.3) is 0 Å². The van der Waals surface area contributed by atoms with Crippen molar-refractivity contribution in [1.82, 2.24) is 0 Å². The molecular formula is C30H43NO2. The van der Waals surface area contributed by atoms with Crippen molar-refractivity contribution in [3.63, 3.8) is 0 Å². The molecule has 0 fully saturated rings. The minimum absolute atomic E-state index is 0. The van der Waals surface area contributed by atoms with Gasteiger partial charge in [0.25, 0.3) is 5.69 Å². The average Bonchev–Trinajstić information content (AvgIpc) is 2.75. The Balaban J connectivity index is 0.000000461. The summed E-state index contributed by atoms with van der Waals surface area (Å²) in [6.07, 6.45) is 0. The van der Waals surface area contributed by atoms with Crippen LogP contribution < -0.4 is 0 Å². The maximum atomic E-state index is 10.3. The van der Waals surface area contributed by atoms with E-state index in [1.54, 1.807) is 12.1 Å². The Morgan fingerprint density at radius 3 is 1.00 bits per heavy atom. The van der Waals surface area contributed by atoms with E-state index < -0.39 is 0 Å². The van der Waals surface area contributed by atoms with Crippen molar-refractivity contribution >= 4 is 5.69 Å². The quantitative estimate of drug-likeness (QED) is 0.294. The molecule has 0 radical (unpaired) electrons. The smallest absolute Gasteiger partial charge is 0.258 e. The van der Waals surface area contributed by atoms with E-state index in [0.29, 0.717) is 17.8 Å². The van der Waals surface area contributed by atoms with Crippen molar-refractivity contribution < 1.29 is 4.92 Å². The van der Waals surface area contributed by atoms with Gasteiger partial charge in [-0.2, -0.15) is 0 Å². The molecule has 3 nitrogen and oxygen atoms in total. The second kappa shape index (κ2) is 15.0. The fourth-order valence-corrected chi connectivity index (χ4v) is 2.88. The van der Waals surface area contributed by atoms with Crippen LogP contribution in [-0.2, 0) is 0 Å². The highest BCUT2D eigenvalue weighted by molar-refractivity contribution is 5.34. The second-order valence-corrected chi connectivity index (χ2v) is 9.13. The molecule has 3 heteroatoms. The fourth-order valence-electron chi connectivity index (χ4n) is 2.88. The van der Waals surface area contributed by atoms with Gasteiger partial charge >= 0.3 is 0 Å². The Hall–Kier alpha value is -2.94. The summed E-state index contributed by atoms with van der Waals surface area (Å²) in [7, 11) is 0. The lowest BCUT2D eigenvalue weighted by Gasteiger charge is -2.03. The Labute approximate surface area is 202 Å². The van der Waals surface area contributed by atoms with E-state index in [1.807, 2.05) is 0 Å². The van der Waals surface area contributed by atoms with Gasteiger partial charge < -0.3 is 0 Å². The Morgan fingerprint density at radius 1 is 0.545 bits per heavy atom. The molecule has 3 aromatic carbocycles. The number of rotatable bonds is 4. The van der Waals surface area contributed by atoms with Crippen molar-refractivity contribution in [2.75, 3.05) is 0 Å². The molecular weight excluding hydrogens is 406 g/mol. The number of hydrogen-bond donors (Lipinski definition) is 0. The lowest BCUT2D eigenvalue weighted by atomic mass is 10.0. The fraction of sp³-hybridized carbons (Fsp3) is 0.400. The number of nitro benzene ring substituents is 1. The molecule has 3 rings (SSSR count). The van der Waals surface area contributed by atoms with Gasteiger partial charge in [-0.1, -0.05) is 121 Å². The summed E-state index contributed by atoms with van der Waals surface area (Å²) in [6.45, 7) is 17.2. The first-order valence-corrected chi connectivity index (χ1v) is 11.4. The molecule has 0 aromatic heterocycles. The van der Waals surface area contributed by atoms with E-state index in [1.165, 1.54) is 34.4 Å². The van der Waals surface area contributed by atoms with Crippen LogP contribution >= 0.6 is 0 Å². The number of benzene rings is 3. The molecule has 0 atom stereocenters. The first-order chi connectivity index (χ1) is 15.0. The highest BCUT2D eigenvalue weighted by Gasteiger charge is 2.05. The molecule has 180 valence electrons. The summed E-state index contributed by atoms with van der Waals surface area (Å²) < 4.78 is 0. The number of nitro groups is 1. The van der Waals surface area contributed by atoms with Gasteiger partial charge in [0.15, 0.2) is 0 Å². The zero-order chi connectivity index (χ0) is 24.3. The lowest BCUT2D eigenvalue weighted by molar-refractivity contribution is -0.384. The summed E-state index contributed by atoms with van der Waals surface area (Å²) in [5.74, 6) is 1.73. The minimum Gasteiger partial charge on any atom is -0.258 e. The third-order valence-electron chi connectivity index (χ3n) is 5.26. The summed E-state index contributed by atoms with van der Waals surface area (Å²) in [5.41, 5.74) is 6.80. The molecule has 0 bridgehead atoms. The van der Waals surface area contributed by atoms with Crippen molar-refractivity contribution in [3.05, 3.63) is 111 Å². The third kappa shape index (κ3) is 11.5. The van der Waals surface area contributed by atoms with Gasteiger partial charge in [-0.15, -0.1) is 0 Å². The summed E-state index contributed by atoms with van der Waals surface area (Å²) in [6, 6.07) is 24.1. The standard InChI is InChI=1S/2C10H14.C9H11NO2.CH4/c2*1-8(2)10-6-4-9(3)5-7-10;1-7(2)8-3-5-9(6-4-8)10(11)12;/h2*4-8H,1-3H3;3-7H,1-2H3;1H4. The van der Waals surface area contributed by atoms with Gasteiger partial charge in [0.05, 0.1) is 4.92 Å². The average molecular weight is 450 g/mol. The second-order valence-electron chi connectivity index (χ2n) is 9.13. The van der Waals surface area contributed by atoms with Gasteiger partial charge in [0, 0.05) is 12.1 Å². The van der Waals surface area contributed by atoms with Crippen molar-refractivity contribution in [3.8, 4) is 0 Å². The number of nitrogens with zero attached hydrogens (tertiary/aromatic N) is 1. The lowest BCUT2D eigenvalue weighted by Crippen LogP contribution is -1.90. The molecule has 33 heavy (non-hydrogen) atoms. The maximum absolute atomic E-state index is 10.3. The number of aryl methyl sites for hydroxylation is 2. The Bertz CT molecular complexity index is 873. The van der Waals surface area contributed by atoms with Crippen LogP contribution in [0.1, 0.15) is 94.5 Å². The molecule has 0 aliphatic carbocycles. The third-order valence-corrected chi connectivity index (χ3v) is 5.26. The van der Waals surface area contributed by atoms with Crippen LogP contribution in [0.2, 0.25) is 0 Å². The van der Waals surface area contributed by atoms with E-state index in [-0.39, 0.29) is 18.0 Å². The van der Waals surface area contributed by atoms with Gasteiger partial charge in [-0.05, 0) is 48.3 Å². The van der Waals surface area contributed by atoms with Crippen molar-refractivity contribution in [2.24, 2.45) is 0 Å². The highest BCUT2D eigenvalue weighted by atomic mass is 16.6. The van der Waals surface area contributed by atoms with Crippen molar-refractivity contribution in [1.29, 1.82) is 0 Å². The van der Waals surface area contributed by atoms with Crippen LogP contribution in [0.15, 0.2) is 72.8 Å². The summed E-state index contributed by atoms with van der Waals surface area (Å²) in [5, 5.41) is 10.3. The van der Waals surface area contributed by atoms with Crippen molar-refractivity contribution in [2.45, 2.75) is 80.6 Å². The van der Waals surface area contributed by atoms with Gasteiger partial charge in [-0.3, -0.25) is 10.1 Å². The summed E-state index contributed by atoms with van der Waals surface area (Å²) >= 11 is 0. The van der Waals surface area contributed by atoms with Crippen LogP contribution in [0.3, 0.4) is 0 Å². The zero-order valence-electron chi connectivity index (χ0n) is 20.9. The van der Waals surface area contributed by atoms with E-state index in [2.05, 4.69) is 104 Å². The maximum Gasteiger partial charge on any atom is 0.269 e. The molecule has 0 saturated heterocycles. The number of hydrogen-bond acceptors (Lipinski definition) is 2. The predicted molar refractivity (Wildman–Crippen MR) is 144 cm³/mol. The molecule has 0 aliphatic rings. The van der Waals surface area contributed by atoms with E-state index in [4.69, 9.17) is 0 Å². The van der Waals surface area contributed by atoms with E-state index in [9.17, 15) is 10.1 Å². The van der Waals surface area contributed by atoms with E-state index >= 15 is 0 Å². The molecule has 0 unspecified atom stereocenters.